The van der Waals surface area contributed by atoms with Crippen LogP contribution in [0, 0.1) is 23.2 Å². The minimum atomic E-state index is -1.13. The highest BCUT2D eigenvalue weighted by Crippen LogP contribution is 2.41. The Bertz CT molecular complexity index is 900. The third kappa shape index (κ3) is 5.36. The van der Waals surface area contributed by atoms with Crippen molar-refractivity contribution in [2.75, 3.05) is 25.2 Å². The van der Waals surface area contributed by atoms with Crippen molar-refractivity contribution < 1.29 is 24.2 Å². The smallest absolute Gasteiger partial charge is 0.350 e. The van der Waals surface area contributed by atoms with Crippen LogP contribution in [-0.4, -0.2) is 48.9 Å². The predicted octanol–water partition coefficient (Wildman–Crippen LogP) is 4.39. The molecule has 1 N–H and O–H groups in total. The van der Waals surface area contributed by atoms with Crippen LogP contribution in [0.4, 0.5) is 5.69 Å². The number of methoxy groups -OCH3 is 1. The predicted molar refractivity (Wildman–Crippen MR) is 126 cm³/mol. The van der Waals surface area contributed by atoms with Crippen molar-refractivity contribution >= 4 is 28.9 Å². The summed E-state index contributed by atoms with van der Waals surface area (Å²) < 4.78 is 11.1. The van der Waals surface area contributed by atoms with Gasteiger partial charge in [-0.1, -0.05) is 31.1 Å². The number of rotatable bonds is 5. The number of nitrogens with zero attached hydrogens (tertiary/aromatic N) is 1. The largest absolute Gasteiger partial charge is 0.465 e. The van der Waals surface area contributed by atoms with E-state index in [0.717, 1.165) is 30.6 Å². The number of anilines is 1. The van der Waals surface area contributed by atoms with E-state index in [9.17, 15) is 14.7 Å². The lowest BCUT2D eigenvalue weighted by Crippen LogP contribution is -2.62. The second kappa shape index (κ2) is 9.94. The second-order valence-corrected chi connectivity index (χ2v) is 11.0. The van der Waals surface area contributed by atoms with Crippen molar-refractivity contribution in [3.05, 3.63) is 15.8 Å². The Morgan fingerprint density at radius 2 is 2.03 bits per heavy atom. The minimum absolute atomic E-state index is 0.153. The number of thiophene rings is 1. The van der Waals surface area contributed by atoms with Crippen LogP contribution in [0.1, 0.15) is 80.8 Å². The molecule has 6 nitrogen and oxygen atoms in total. The van der Waals surface area contributed by atoms with E-state index in [1.54, 1.807) is 11.8 Å². The molecule has 2 unspecified atom stereocenters. The molecule has 0 bridgehead atoms. The van der Waals surface area contributed by atoms with Crippen molar-refractivity contribution in [1.82, 2.24) is 0 Å². The number of aliphatic hydroxyl groups excluding tert-OH is 1. The SMILES string of the molecule is COC(=O)c1sc(C#CC(C)(C)C)cc1N1C(=O)C(C)(CCO)OCC1C1CCCCC1. The van der Waals surface area contributed by atoms with Crippen LogP contribution >= 0.6 is 11.3 Å². The molecular weight excluding hydrogens is 426 g/mol. The molecule has 1 aromatic heterocycles. The molecule has 1 aliphatic heterocycles. The Kier molecular flexibility index (Phi) is 7.69. The molecule has 1 saturated carbocycles. The van der Waals surface area contributed by atoms with Crippen LogP contribution in [0.3, 0.4) is 0 Å². The third-order valence-electron chi connectivity index (χ3n) is 6.26. The fourth-order valence-corrected chi connectivity index (χ4v) is 5.39. The number of esters is 1. The van der Waals surface area contributed by atoms with Gasteiger partial charge in [0, 0.05) is 18.4 Å². The molecule has 1 amide bonds. The van der Waals surface area contributed by atoms with Gasteiger partial charge in [0.05, 0.1) is 30.3 Å². The maximum absolute atomic E-state index is 13.8. The molecule has 7 heteroatoms. The summed E-state index contributed by atoms with van der Waals surface area (Å²) >= 11 is 1.26. The summed E-state index contributed by atoms with van der Waals surface area (Å²) in [5.41, 5.74) is -0.769. The van der Waals surface area contributed by atoms with Crippen LogP contribution in [0.2, 0.25) is 0 Å². The molecule has 0 spiro atoms. The Balaban J connectivity index is 2.10. The van der Waals surface area contributed by atoms with Gasteiger partial charge in [0.2, 0.25) is 0 Å². The summed E-state index contributed by atoms with van der Waals surface area (Å²) in [4.78, 5) is 29.4. The van der Waals surface area contributed by atoms with Crippen molar-refractivity contribution in [1.29, 1.82) is 0 Å². The first-order chi connectivity index (χ1) is 15.1. The van der Waals surface area contributed by atoms with Crippen molar-refractivity contribution in [2.24, 2.45) is 11.3 Å². The van der Waals surface area contributed by atoms with Gasteiger partial charge >= 0.3 is 5.97 Å². The molecule has 2 fully saturated rings. The lowest BCUT2D eigenvalue weighted by Gasteiger charge is -2.47. The summed E-state index contributed by atoms with van der Waals surface area (Å²) in [7, 11) is 1.35. The number of morpholine rings is 1. The van der Waals surface area contributed by atoms with Crippen LogP contribution in [-0.2, 0) is 14.3 Å². The highest BCUT2D eigenvalue weighted by atomic mass is 32.1. The summed E-state index contributed by atoms with van der Waals surface area (Å²) in [6, 6.07) is 1.68. The lowest BCUT2D eigenvalue weighted by atomic mass is 9.81. The van der Waals surface area contributed by atoms with Crippen LogP contribution < -0.4 is 4.90 Å². The van der Waals surface area contributed by atoms with Crippen molar-refractivity contribution in [3.8, 4) is 11.8 Å². The number of carbonyl (C=O) groups excluding carboxylic acids is 2. The Morgan fingerprint density at radius 3 is 2.62 bits per heavy atom. The number of amides is 1. The summed E-state index contributed by atoms with van der Waals surface area (Å²) in [6.07, 6.45) is 5.73. The maximum Gasteiger partial charge on any atom is 0.350 e. The molecule has 0 radical (unpaired) electrons. The Morgan fingerprint density at radius 1 is 1.34 bits per heavy atom. The zero-order valence-corrected chi connectivity index (χ0v) is 20.6. The molecule has 0 aromatic carbocycles. The number of aliphatic hydroxyl groups is 1. The van der Waals surface area contributed by atoms with E-state index in [1.165, 1.54) is 24.9 Å². The monoisotopic (exact) mass is 461 g/mol. The Hall–Kier alpha value is -1.88. The summed E-state index contributed by atoms with van der Waals surface area (Å²) in [5, 5.41) is 9.56. The van der Waals surface area contributed by atoms with Crippen LogP contribution in [0.5, 0.6) is 0 Å². The fourth-order valence-electron chi connectivity index (χ4n) is 4.47. The zero-order chi connectivity index (χ0) is 23.5. The van der Waals surface area contributed by atoms with Gasteiger partial charge in [0.15, 0.2) is 0 Å². The van der Waals surface area contributed by atoms with Gasteiger partial charge in [-0.3, -0.25) is 4.79 Å². The number of hydrogen-bond acceptors (Lipinski definition) is 6. The van der Waals surface area contributed by atoms with Gasteiger partial charge in [-0.15, -0.1) is 11.3 Å². The average molecular weight is 462 g/mol. The second-order valence-electron chi connectivity index (χ2n) is 9.97. The topological polar surface area (TPSA) is 76.1 Å². The first-order valence-corrected chi connectivity index (χ1v) is 12.2. The molecule has 32 heavy (non-hydrogen) atoms. The van der Waals surface area contributed by atoms with Gasteiger partial charge in [0.25, 0.3) is 5.91 Å². The molecule has 176 valence electrons. The van der Waals surface area contributed by atoms with E-state index < -0.39 is 11.6 Å². The highest BCUT2D eigenvalue weighted by Gasteiger charge is 2.48. The Labute approximate surface area is 195 Å². The summed E-state index contributed by atoms with van der Waals surface area (Å²) in [6.45, 7) is 8.04. The molecule has 2 heterocycles. The minimum Gasteiger partial charge on any atom is -0.465 e. The first kappa shape index (κ1) is 24.8. The molecule has 1 aliphatic carbocycles. The van der Waals surface area contributed by atoms with Gasteiger partial charge < -0.3 is 19.5 Å². The van der Waals surface area contributed by atoms with E-state index in [1.807, 2.05) is 26.8 Å². The average Bonchev–Trinajstić information content (AvgIpc) is 3.18. The highest BCUT2D eigenvalue weighted by molar-refractivity contribution is 7.15. The van der Waals surface area contributed by atoms with E-state index in [0.29, 0.717) is 23.1 Å². The standard InChI is InChI=1S/C25H35NO5S/c1-24(2,3)12-11-18-15-19(21(32-18)22(28)30-5)26-20(17-9-7-6-8-10-17)16-31-25(4,13-14-27)23(26)29/h15,17,20,27H,6-10,13-14,16H2,1-5H3. The molecule has 2 aliphatic rings. The summed E-state index contributed by atoms with van der Waals surface area (Å²) in [5.74, 6) is 6.00. The zero-order valence-electron chi connectivity index (χ0n) is 19.8. The maximum atomic E-state index is 13.8. The lowest BCUT2D eigenvalue weighted by molar-refractivity contribution is -0.155. The van der Waals surface area contributed by atoms with Gasteiger partial charge in [0.1, 0.15) is 10.5 Å². The van der Waals surface area contributed by atoms with Crippen molar-refractivity contribution in [2.45, 2.75) is 77.9 Å². The first-order valence-electron chi connectivity index (χ1n) is 11.4. The molecule has 3 rings (SSSR count). The van der Waals surface area contributed by atoms with Gasteiger partial charge in [-0.25, -0.2) is 4.79 Å². The van der Waals surface area contributed by atoms with E-state index in [2.05, 4.69) is 11.8 Å². The molecule has 2 atom stereocenters. The quantitative estimate of drug-likeness (QED) is 0.520. The number of hydrogen-bond donors (Lipinski definition) is 1. The van der Waals surface area contributed by atoms with E-state index in [4.69, 9.17) is 9.47 Å². The van der Waals surface area contributed by atoms with Gasteiger partial charge in [-0.05, 0) is 52.5 Å². The van der Waals surface area contributed by atoms with Crippen LogP contribution in [0.15, 0.2) is 6.07 Å². The van der Waals surface area contributed by atoms with Crippen molar-refractivity contribution in [3.63, 3.8) is 0 Å². The normalized spacial score (nSPS) is 24.8. The molecule has 1 aromatic rings. The fraction of sp³-hybridized carbons (Fsp3) is 0.680. The molecule has 1 saturated heterocycles. The van der Waals surface area contributed by atoms with E-state index >= 15 is 0 Å². The van der Waals surface area contributed by atoms with E-state index in [-0.39, 0.29) is 30.4 Å². The molecular formula is C25H35NO5S. The van der Waals surface area contributed by atoms with Crippen LogP contribution in [0.25, 0.3) is 0 Å². The third-order valence-corrected chi connectivity index (χ3v) is 7.28. The number of carbonyl (C=O) groups is 2. The number of ether oxygens (including phenoxy) is 2. The van der Waals surface area contributed by atoms with Gasteiger partial charge in [-0.2, -0.15) is 0 Å².